The minimum atomic E-state index is -0.606. The molecule has 0 radical (unpaired) electrons. The largest absolute Gasteiger partial charge is 0.439 e. The van der Waals surface area contributed by atoms with Crippen LogP contribution in [0.4, 0.5) is 0 Å². The molecule has 5 rings (SSSR count). The highest BCUT2D eigenvalue weighted by atomic mass is 16.7. The quantitative estimate of drug-likeness (QED) is 0.196. The zero-order valence-corrected chi connectivity index (χ0v) is 27.2. The Hall–Kier alpha value is -4.77. The lowest BCUT2D eigenvalue weighted by Crippen LogP contribution is -2.34. The van der Waals surface area contributed by atoms with Crippen LogP contribution in [0.25, 0.3) is 34.5 Å². The van der Waals surface area contributed by atoms with Gasteiger partial charge >= 0.3 is 5.76 Å². The second-order valence-electron chi connectivity index (χ2n) is 13.2. The molecule has 3 aromatic heterocycles. The smallest absolute Gasteiger partial charge is 0.296 e. The SMILES string of the molecule is CCCc1c(Cc2ccc(-c3ccccc3-c3noc(=O)[nH]3)cc2)c(=O)n(/C=C(\NOC(C)(C)C)C(C)(C)C)c2nc(C)nn12. The van der Waals surface area contributed by atoms with Gasteiger partial charge in [-0.3, -0.25) is 24.6 Å². The molecule has 0 saturated carbocycles. The van der Waals surface area contributed by atoms with E-state index in [9.17, 15) is 9.59 Å². The Kier molecular flexibility index (Phi) is 8.66. The second kappa shape index (κ2) is 12.3. The number of hydrogen-bond acceptors (Lipinski definition) is 8. The van der Waals surface area contributed by atoms with E-state index < -0.39 is 11.4 Å². The van der Waals surface area contributed by atoms with E-state index in [4.69, 9.17) is 14.5 Å². The van der Waals surface area contributed by atoms with Gasteiger partial charge in [0.15, 0.2) is 5.82 Å². The summed E-state index contributed by atoms with van der Waals surface area (Å²) in [6, 6.07) is 15.7. The van der Waals surface area contributed by atoms with E-state index in [1.165, 1.54) is 0 Å². The number of hydroxylamine groups is 1. The van der Waals surface area contributed by atoms with E-state index in [1.807, 2.05) is 76.2 Å². The molecule has 0 amide bonds. The maximum atomic E-state index is 14.4. The molecule has 0 aliphatic carbocycles. The molecule has 0 saturated heterocycles. The monoisotopic (exact) mass is 611 g/mol. The van der Waals surface area contributed by atoms with Gasteiger partial charge in [-0.05, 0) is 50.8 Å². The highest BCUT2D eigenvalue weighted by molar-refractivity contribution is 5.80. The number of nitrogens with zero attached hydrogens (tertiary/aromatic N) is 5. The predicted molar refractivity (Wildman–Crippen MR) is 174 cm³/mol. The average molecular weight is 612 g/mol. The third-order valence-corrected chi connectivity index (χ3v) is 7.28. The van der Waals surface area contributed by atoms with Crippen LogP contribution in [0.15, 0.2) is 68.3 Å². The fourth-order valence-electron chi connectivity index (χ4n) is 5.02. The van der Waals surface area contributed by atoms with E-state index in [1.54, 1.807) is 15.3 Å². The third kappa shape index (κ3) is 6.99. The van der Waals surface area contributed by atoms with Gasteiger partial charge in [0.1, 0.15) is 5.82 Å². The molecule has 0 atom stereocenters. The zero-order chi connectivity index (χ0) is 32.5. The molecular formula is C34H41N7O4. The molecule has 0 spiro atoms. The van der Waals surface area contributed by atoms with Crippen molar-refractivity contribution in [3.63, 3.8) is 0 Å². The number of fused-ring (bicyclic) bond motifs is 1. The Morgan fingerprint density at radius 3 is 2.31 bits per heavy atom. The van der Waals surface area contributed by atoms with E-state index in [0.717, 1.165) is 40.1 Å². The Morgan fingerprint density at radius 1 is 1.02 bits per heavy atom. The standard InChI is InChI=1S/C34H41N7O4/c1-9-12-27-26(19-22-15-17-23(18-16-22)24-13-10-11-14-25(24)29-36-32(43)44-39-29)30(42)40(31-35-21(2)37-41(27)31)20-28(33(3,4)5)38-45-34(6,7)8/h10-11,13-18,20,38H,9,12,19H2,1-8H3,(H,36,39,43)/b28-20-. The van der Waals surface area contributed by atoms with Crippen molar-refractivity contribution in [3.05, 3.63) is 97.8 Å². The number of rotatable bonds is 9. The van der Waals surface area contributed by atoms with Gasteiger partial charge in [-0.1, -0.05) is 87.8 Å². The summed E-state index contributed by atoms with van der Waals surface area (Å²) in [5.74, 6) is 0.803. The highest BCUT2D eigenvalue weighted by Gasteiger charge is 2.24. The van der Waals surface area contributed by atoms with Crippen molar-refractivity contribution < 1.29 is 9.36 Å². The number of aromatic nitrogens is 6. The number of allylic oxidation sites excluding steroid dienone is 1. The molecule has 0 bridgehead atoms. The van der Waals surface area contributed by atoms with Gasteiger partial charge in [0.05, 0.1) is 17.0 Å². The summed E-state index contributed by atoms with van der Waals surface area (Å²) >= 11 is 0. The van der Waals surface area contributed by atoms with Crippen LogP contribution in [-0.2, 0) is 17.7 Å². The number of aromatic amines is 1. The molecule has 236 valence electrons. The van der Waals surface area contributed by atoms with Crippen molar-refractivity contribution in [2.24, 2.45) is 5.41 Å². The van der Waals surface area contributed by atoms with Gasteiger partial charge in [0.2, 0.25) is 5.78 Å². The molecule has 5 aromatic rings. The summed E-state index contributed by atoms with van der Waals surface area (Å²) in [6.45, 7) is 16.0. The van der Waals surface area contributed by atoms with Crippen LogP contribution >= 0.6 is 0 Å². The average Bonchev–Trinajstić information content (AvgIpc) is 3.58. The second-order valence-corrected chi connectivity index (χ2v) is 13.2. The maximum absolute atomic E-state index is 14.4. The molecule has 2 aromatic carbocycles. The maximum Gasteiger partial charge on any atom is 0.439 e. The molecule has 0 aliphatic rings. The fraction of sp³-hybridized carbons (Fsp3) is 0.382. The van der Waals surface area contributed by atoms with Gasteiger partial charge in [-0.15, -0.1) is 0 Å². The Balaban J connectivity index is 1.60. The van der Waals surface area contributed by atoms with Crippen LogP contribution in [-0.4, -0.2) is 34.9 Å². The number of nitrogens with one attached hydrogen (secondary N) is 2. The van der Waals surface area contributed by atoms with Crippen molar-refractivity contribution in [2.45, 2.75) is 80.3 Å². The summed E-state index contributed by atoms with van der Waals surface area (Å²) in [5, 5.41) is 8.58. The molecular weight excluding hydrogens is 570 g/mol. The van der Waals surface area contributed by atoms with E-state index >= 15 is 0 Å². The molecule has 0 aliphatic heterocycles. The molecule has 2 N–H and O–H groups in total. The molecule has 0 unspecified atom stereocenters. The van der Waals surface area contributed by atoms with Crippen molar-refractivity contribution in [3.8, 4) is 22.5 Å². The normalized spacial score (nSPS) is 12.7. The summed E-state index contributed by atoms with van der Waals surface area (Å²) < 4.78 is 8.12. The first-order valence-corrected chi connectivity index (χ1v) is 15.2. The van der Waals surface area contributed by atoms with Crippen molar-refractivity contribution in [1.82, 2.24) is 34.8 Å². The van der Waals surface area contributed by atoms with E-state index in [2.05, 4.69) is 48.3 Å². The summed E-state index contributed by atoms with van der Waals surface area (Å²) in [7, 11) is 0. The van der Waals surface area contributed by atoms with Crippen LogP contribution in [0.1, 0.15) is 77.5 Å². The first-order valence-electron chi connectivity index (χ1n) is 15.2. The Morgan fingerprint density at radius 2 is 1.71 bits per heavy atom. The van der Waals surface area contributed by atoms with Gasteiger partial charge in [-0.2, -0.15) is 10.1 Å². The number of H-pyrrole nitrogens is 1. The summed E-state index contributed by atoms with van der Waals surface area (Å²) in [5.41, 5.74) is 7.95. The number of hydrogen-bond donors (Lipinski definition) is 2. The third-order valence-electron chi connectivity index (χ3n) is 7.28. The predicted octanol–water partition coefficient (Wildman–Crippen LogP) is 5.92. The molecule has 3 heterocycles. The summed E-state index contributed by atoms with van der Waals surface area (Å²) in [6.07, 6.45) is 3.71. The lowest BCUT2D eigenvalue weighted by atomic mass is 9.93. The van der Waals surface area contributed by atoms with Gasteiger partial charge < -0.3 is 0 Å². The Bertz CT molecular complexity index is 1960. The topological polar surface area (TPSA) is 132 Å². The van der Waals surface area contributed by atoms with E-state index in [0.29, 0.717) is 35.8 Å². The van der Waals surface area contributed by atoms with Crippen LogP contribution in [0.3, 0.4) is 0 Å². The lowest BCUT2D eigenvalue weighted by Gasteiger charge is -2.28. The van der Waals surface area contributed by atoms with Gasteiger partial charge in [0, 0.05) is 29.2 Å². The lowest BCUT2D eigenvalue weighted by molar-refractivity contribution is -0.0638. The molecule has 0 fully saturated rings. The van der Waals surface area contributed by atoms with Crippen molar-refractivity contribution in [1.29, 1.82) is 0 Å². The first-order chi connectivity index (χ1) is 21.2. The number of aryl methyl sites for hydroxylation is 2. The molecule has 11 heteroatoms. The van der Waals surface area contributed by atoms with Crippen LogP contribution in [0.2, 0.25) is 0 Å². The summed E-state index contributed by atoms with van der Waals surface area (Å²) in [4.78, 5) is 39.2. The zero-order valence-electron chi connectivity index (χ0n) is 27.2. The molecule has 11 nitrogen and oxygen atoms in total. The Labute approximate surface area is 261 Å². The van der Waals surface area contributed by atoms with Crippen molar-refractivity contribution >= 4 is 12.0 Å². The van der Waals surface area contributed by atoms with Crippen LogP contribution < -0.4 is 16.8 Å². The van der Waals surface area contributed by atoms with Gasteiger partial charge in [0.25, 0.3) is 5.56 Å². The van der Waals surface area contributed by atoms with Crippen molar-refractivity contribution in [2.75, 3.05) is 0 Å². The van der Waals surface area contributed by atoms with Gasteiger partial charge in [-0.25, -0.2) is 13.9 Å². The van der Waals surface area contributed by atoms with Crippen LogP contribution in [0, 0.1) is 12.3 Å². The minimum absolute atomic E-state index is 0.151. The molecule has 45 heavy (non-hydrogen) atoms. The minimum Gasteiger partial charge on any atom is -0.296 e. The first kappa shape index (κ1) is 31.6. The van der Waals surface area contributed by atoms with Crippen LogP contribution in [0.5, 0.6) is 0 Å². The number of benzene rings is 2. The fourth-order valence-corrected chi connectivity index (χ4v) is 5.02. The van der Waals surface area contributed by atoms with E-state index in [-0.39, 0.29) is 11.0 Å². The highest BCUT2D eigenvalue weighted by Crippen LogP contribution is 2.30.